The van der Waals surface area contributed by atoms with Gasteiger partial charge in [-0.1, -0.05) is 41.9 Å². The van der Waals surface area contributed by atoms with Gasteiger partial charge in [-0.2, -0.15) is 0 Å². The number of hydrogen-bond donors (Lipinski definition) is 0. The maximum Gasteiger partial charge on any atom is 0.363 e. The van der Waals surface area contributed by atoms with Crippen LogP contribution in [0.1, 0.15) is 16.7 Å². The minimum Gasteiger partial charge on any atom is -0.493 e. The van der Waals surface area contributed by atoms with Crippen LogP contribution >= 0.6 is 11.6 Å². The molecular formula is C24H17ClN2O6. The number of cyclic esters (lactones) is 1. The summed E-state index contributed by atoms with van der Waals surface area (Å²) in [5, 5.41) is 11.2. The van der Waals surface area contributed by atoms with E-state index >= 15 is 0 Å². The molecule has 0 spiro atoms. The highest BCUT2D eigenvalue weighted by atomic mass is 35.5. The fraction of sp³-hybridized carbons (Fsp3) is 0.0833. The van der Waals surface area contributed by atoms with E-state index in [9.17, 15) is 14.9 Å². The van der Waals surface area contributed by atoms with Crippen LogP contribution in [0.2, 0.25) is 5.02 Å². The monoisotopic (exact) mass is 464 g/mol. The molecule has 0 fully saturated rings. The summed E-state index contributed by atoms with van der Waals surface area (Å²) in [5.74, 6) is 0.255. The molecule has 0 unspecified atom stereocenters. The SMILES string of the molecule is COc1cc(/C=C2\N=C(c3ccccc3)OC2=O)cc(Cl)c1OCc1cccc([N+](=O)[O-])c1. The number of carbonyl (C=O) groups is 1. The van der Waals surface area contributed by atoms with Crippen LogP contribution in [0.4, 0.5) is 5.69 Å². The first kappa shape index (κ1) is 22.0. The summed E-state index contributed by atoms with van der Waals surface area (Å²) in [6, 6.07) is 18.4. The molecule has 0 amide bonds. The number of rotatable bonds is 7. The number of esters is 1. The first-order chi connectivity index (χ1) is 15.9. The topological polar surface area (TPSA) is 100 Å². The summed E-state index contributed by atoms with van der Waals surface area (Å²) in [4.78, 5) is 27.0. The van der Waals surface area contributed by atoms with Crippen molar-refractivity contribution in [3.05, 3.63) is 104 Å². The molecule has 1 heterocycles. The first-order valence-electron chi connectivity index (χ1n) is 9.76. The van der Waals surface area contributed by atoms with Crippen molar-refractivity contribution in [3.8, 4) is 11.5 Å². The molecule has 0 bridgehead atoms. The number of hydrogen-bond acceptors (Lipinski definition) is 7. The van der Waals surface area contributed by atoms with Gasteiger partial charge in [-0.05, 0) is 41.5 Å². The van der Waals surface area contributed by atoms with E-state index in [2.05, 4.69) is 4.99 Å². The quantitative estimate of drug-likeness (QED) is 0.207. The van der Waals surface area contributed by atoms with Crippen LogP contribution < -0.4 is 9.47 Å². The van der Waals surface area contributed by atoms with Gasteiger partial charge >= 0.3 is 5.97 Å². The molecule has 3 aromatic carbocycles. The predicted octanol–water partition coefficient (Wildman–Crippen LogP) is 5.18. The molecule has 0 aliphatic carbocycles. The number of non-ortho nitro benzene ring substituents is 1. The summed E-state index contributed by atoms with van der Waals surface area (Å²) >= 11 is 6.41. The van der Waals surface area contributed by atoms with Crippen LogP contribution in [-0.2, 0) is 16.1 Å². The number of halogens is 1. The second-order valence-corrected chi connectivity index (χ2v) is 7.36. The normalized spacial score (nSPS) is 14.1. The minimum atomic E-state index is -0.574. The van der Waals surface area contributed by atoms with Gasteiger partial charge in [0.2, 0.25) is 5.90 Å². The van der Waals surface area contributed by atoms with Gasteiger partial charge < -0.3 is 14.2 Å². The zero-order valence-corrected chi connectivity index (χ0v) is 18.1. The Labute approximate surface area is 193 Å². The van der Waals surface area contributed by atoms with Gasteiger partial charge in [0.1, 0.15) is 6.61 Å². The molecule has 4 rings (SSSR count). The number of nitro groups is 1. The highest BCUT2D eigenvalue weighted by Gasteiger charge is 2.24. The highest BCUT2D eigenvalue weighted by Crippen LogP contribution is 2.38. The predicted molar refractivity (Wildman–Crippen MR) is 122 cm³/mol. The van der Waals surface area contributed by atoms with E-state index < -0.39 is 10.9 Å². The fourth-order valence-corrected chi connectivity index (χ4v) is 3.42. The molecule has 33 heavy (non-hydrogen) atoms. The van der Waals surface area contributed by atoms with Crippen molar-refractivity contribution in [1.82, 2.24) is 0 Å². The Morgan fingerprint density at radius 1 is 1.12 bits per heavy atom. The first-order valence-corrected chi connectivity index (χ1v) is 10.1. The molecule has 0 saturated heterocycles. The zero-order valence-electron chi connectivity index (χ0n) is 17.4. The van der Waals surface area contributed by atoms with Gasteiger partial charge in [0, 0.05) is 17.7 Å². The molecule has 0 saturated carbocycles. The molecule has 0 N–H and O–H groups in total. The molecule has 9 heteroatoms. The Balaban J connectivity index is 1.57. The molecule has 166 valence electrons. The van der Waals surface area contributed by atoms with Gasteiger partial charge in [-0.3, -0.25) is 10.1 Å². The Bertz CT molecular complexity index is 1290. The molecule has 0 atom stereocenters. The molecular weight excluding hydrogens is 448 g/mol. The van der Waals surface area contributed by atoms with Crippen molar-refractivity contribution in [3.63, 3.8) is 0 Å². The minimum absolute atomic E-state index is 0.0324. The summed E-state index contributed by atoms with van der Waals surface area (Å²) in [7, 11) is 1.46. The van der Waals surface area contributed by atoms with Gasteiger partial charge in [-0.15, -0.1) is 0 Å². The average molecular weight is 465 g/mol. The van der Waals surface area contributed by atoms with Crippen molar-refractivity contribution in [1.29, 1.82) is 0 Å². The molecule has 1 aliphatic heterocycles. The summed E-state index contributed by atoms with van der Waals surface area (Å²) in [5.41, 5.74) is 1.94. The molecule has 3 aromatic rings. The number of ether oxygens (including phenoxy) is 3. The molecule has 8 nitrogen and oxygen atoms in total. The number of carbonyl (C=O) groups excluding carboxylic acids is 1. The largest absolute Gasteiger partial charge is 0.493 e. The lowest BCUT2D eigenvalue weighted by Crippen LogP contribution is -2.05. The van der Waals surface area contributed by atoms with Crippen molar-refractivity contribution < 1.29 is 23.9 Å². The maximum atomic E-state index is 12.3. The van der Waals surface area contributed by atoms with E-state index in [0.29, 0.717) is 22.4 Å². The third-order valence-electron chi connectivity index (χ3n) is 4.70. The van der Waals surface area contributed by atoms with Crippen LogP contribution in [-0.4, -0.2) is 23.9 Å². The van der Waals surface area contributed by atoms with E-state index in [1.54, 1.807) is 36.4 Å². The van der Waals surface area contributed by atoms with Crippen molar-refractivity contribution in [2.24, 2.45) is 4.99 Å². The second-order valence-electron chi connectivity index (χ2n) is 6.95. The average Bonchev–Trinajstić information content (AvgIpc) is 3.18. The summed E-state index contributed by atoms with van der Waals surface area (Å²) < 4.78 is 16.4. The van der Waals surface area contributed by atoms with E-state index in [4.69, 9.17) is 25.8 Å². The van der Waals surface area contributed by atoms with Crippen LogP contribution in [0.5, 0.6) is 11.5 Å². The number of methoxy groups -OCH3 is 1. The van der Waals surface area contributed by atoms with Crippen molar-refractivity contribution >= 4 is 35.2 Å². The van der Waals surface area contributed by atoms with Crippen LogP contribution in [0.15, 0.2) is 77.4 Å². The van der Waals surface area contributed by atoms with E-state index in [-0.39, 0.29) is 34.7 Å². The molecule has 1 aliphatic rings. The van der Waals surface area contributed by atoms with Crippen LogP contribution in [0.3, 0.4) is 0 Å². The van der Waals surface area contributed by atoms with Gasteiger partial charge in [0.25, 0.3) is 5.69 Å². The van der Waals surface area contributed by atoms with E-state index in [0.717, 1.165) is 0 Å². The van der Waals surface area contributed by atoms with E-state index in [1.807, 2.05) is 18.2 Å². The van der Waals surface area contributed by atoms with Gasteiger partial charge in [-0.25, -0.2) is 9.79 Å². The maximum absolute atomic E-state index is 12.3. The Hall–Kier alpha value is -4.17. The molecule has 0 radical (unpaired) electrons. The highest BCUT2D eigenvalue weighted by molar-refractivity contribution is 6.32. The number of nitro benzene ring substituents is 1. The standard InChI is InChI=1S/C24H17ClN2O6/c1-31-21-13-16(12-20-24(28)33-23(26-20)17-7-3-2-4-8-17)11-19(25)22(21)32-14-15-6-5-9-18(10-15)27(29)30/h2-13H,14H2,1H3/b20-12-. The Morgan fingerprint density at radius 2 is 1.91 bits per heavy atom. The Kier molecular flexibility index (Phi) is 6.37. The van der Waals surface area contributed by atoms with Crippen LogP contribution in [0, 0.1) is 10.1 Å². The number of nitrogens with zero attached hydrogens (tertiary/aromatic N) is 2. The van der Waals surface area contributed by atoms with Crippen molar-refractivity contribution in [2.75, 3.05) is 7.11 Å². The Morgan fingerprint density at radius 3 is 2.64 bits per heavy atom. The van der Waals surface area contributed by atoms with Gasteiger partial charge in [0.05, 0.1) is 17.1 Å². The van der Waals surface area contributed by atoms with Crippen LogP contribution in [0.25, 0.3) is 6.08 Å². The smallest absolute Gasteiger partial charge is 0.363 e. The summed E-state index contributed by atoms with van der Waals surface area (Å²) in [6.45, 7) is 0.0508. The number of aliphatic imine (C=N–C) groups is 1. The third kappa shape index (κ3) is 5.02. The van der Waals surface area contributed by atoms with Crippen molar-refractivity contribution in [2.45, 2.75) is 6.61 Å². The van der Waals surface area contributed by atoms with Gasteiger partial charge in [0.15, 0.2) is 17.2 Å². The van der Waals surface area contributed by atoms with E-state index in [1.165, 1.54) is 25.3 Å². The second kappa shape index (κ2) is 9.54. The fourth-order valence-electron chi connectivity index (χ4n) is 3.15. The third-order valence-corrected chi connectivity index (χ3v) is 4.98. The summed E-state index contributed by atoms with van der Waals surface area (Å²) in [6.07, 6.45) is 1.54. The zero-order chi connectivity index (χ0) is 23.4. The lowest BCUT2D eigenvalue weighted by atomic mass is 10.1. The lowest BCUT2D eigenvalue weighted by molar-refractivity contribution is -0.384. The molecule has 0 aromatic heterocycles. The number of benzene rings is 3. The lowest BCUT2D eigenvalue weighted by Gasteiger charge is -2.13.